The molecule has 1 aliphatic heterocycles. The second kappa shape index (κ2) is 10.7. The van der Waals surface area contributed by atoms with Crippen LogP contribution in [0.2, 0.25) is 0 Å². The molecule has 0 aromatic heterocycles. The van der Waals surface area contributed by atoms with Crippen LogP contribution in [0, 0.1) is 0 Å². The van der Waals surface area contributed by atoms with Crippen molar-refractivity contribution < 1.29 is 28.8 Å². The van der Waals surface area contributed by atoms with Crippen molar-refractivity contribution in [3.63, 3.8) is 0 Å². The Bertz CT molecular complexity index is 664. The molecule has 1 saturated heterocycles. The molecule has 0 aliphatic carbocycles. The van der Waals surface area contributed by atoms with Crippen molar-refractivity contribution in [3.05, 3.63) is 59.0 Å². The van der Waals surface area contributed by atoms with Crippen molar-refractivity contribution >= 4 is 5.97 Å². The highest BCUT2D eigenvalue weighted by Gasteiger charge is 2.46. The molecule has 0 radical (unpaired) electrons. The van der Waals surface area contributed by atoms with Gasteiger partial charge in [0.2, 0.25) is 0 Å². The number of aliphatic hydroxyl groups excluding tert-OH is 1. The number of rotatable bonds is 9. The predicted octanol–water partition coefficient (Wildman–Crippen LogP) is 2.10. The Hall–Kier alpha value is -2.42. The Labute approximate surface area is 157 Å². The summed E-state index contributed by atoms with van der Waals surface area (Å²) in [5, 5.41) is 14.4. The van der Waals surface area contributed by atoms with Crippen LogP contribution in [0.1, 0.15) is 12.5 Å². The molecular formula is C18H23N3O6. The van der Waals surface area contributed by atoms with Gasteiger partial charge in [0.15, 0.2) is 6.29 Å². The van der Waals surface area contributed by atoms with Crippen LogP contribution in [-0.4, -0.2) is 54.9 Å². The second-order valence-electron chi connectivity index (χ2n) is 5.91. The molecule has 0 amide bonds. The molecule has 27 heavy (non-hydrogen) atoms. The average Bonchev–Trinajstić information content (AvgIpc) is 2.67. The minimum absolute atomic E-state index is 0.143. The van der Waals surface area contributed by atoms with E-state index in [1.165, 1.54) is 13.0 Å². The van der Waals surface area contributed by atoms with Crippen molar-refractivity contribution in [1.29, 1.82) is 0 Å². The van der Waals surface area contributed by atoms with Gasteiger partial charge < -0.3 is 24.1 Å². The first-order valence-corrected chi connectivity index (χ1v) is 8.46. The van der Waals surface area contributed by atoms with Crippen LogP contribution in [0.3, 0.4) is 0 Å². The molecule has 9 heteroatoms. The van der Waals surface area contributed by atoms with Crippen LogP contribution in [-0.2, 0) is 30.3 Å². The van der Waals surface area contributed by atoms with E-state index < -0.39 is 36.6 Å². The molecule has 1 fully saturated rings. The van der Waals surface area contributed by atoms with Gasteiger partial charge in [-0.05, 0) is 11.1 Å². The van der Waals surface area contributed by atoms with Crippen LogP contribution >= 0.6 is 0 Å². The third-order valence-corrected chi connectivity index (χ3v) is 3.94. The van der Waals surface area contributed by atoms with Gasteiger partial charge in [-0.25, -0.2) is 0 Å². The zero-order valence-electron chi connectivity index (χ0n) is 15.0. The number of hydrogen-bond acceptors (Lipinski definition) is 7. The highest BCUT2D eigenvalue weighted by atomic mass is 16.7. The summed E-state index contributed by atoms with van der Waals surface area (Å²) < 4.78 is 22.0. The Morgan fingerprint density at radius 2 is 2.15 bits per heavy atom. The maximum absolute atomic E-state index is 11.1. The van der Waals surface area contributed by atoms with E-state index in [4.69, 9.17) is 24.5 Å². The van der Waals surface area contributed by atoms with Crippen molar-refractivity contribution in [3.8, 4) is 0 Å². The van der Waals surface area contributed by atoms with E-state index in [1.54, 1.807) is 0 Å². The van der Waals surface area contributed by atoms with E-state index >= 15 is 0 Å². The van der Waals surface area contributed by atoms with Gasteiger partial charge in [-0.3, -0.25) is 4.79 Å². The molecule has 1 aromatic carbocycles. The number of ether oxygens (including phenoxy) is 4. The normalized spacial score (nSPS) is 27.4. The maximum Gasteiger partial charge on any atom is 0.302 e. The summed E-state index contributed by atoms with van der Waals surface area (Å²) in [5.41, 5.74) is 9.80. The highest BCUT2D eigenvalue weighted by molar-refractivity contribution is 5.65. The van der Waals surface area contributed by atoms with Gasteiger partial charge in [-0.2, -0.15) is 0 Å². The molecule has 1 heterocycles. The minimum Gasteiger partial charge on any atom is -0.463 e. The summed E-state index contributed by atoms with van der Waals surface area (Å²) in [6.45, 7) is 4.98. The van der Waals surface area contributed by atoms with Crippen LogP contribution in [0.5, 0.6) is 0 Å². The Kier molecular flexibility index (Phi) is 8.25. The Balaban J connectivity index is 2.19. The zero-order valence-corrected chi connectivity index (χ0v) is 15.0. The van der Waals surface area contributed by atoms with Crippen LogP contribution in [0.15, 0.2) is 48.1 Å². The summed E-state index contributed by atoms with van der Waals surface area (Å²) in [4.78, 5) is 13.9. The average molecular weight is 377 g/mol. The number of carbonyl (C=O) groups excluding carboxylic acids is 1. The van der Waals surface area contributed by atoms with E-state index in [0.717, 1.165) is 5.56 Å². The summed E-state index contributed by atoms with van der Waals surface area (Å²) in [6, 6.07) is 8.42. The molecule has 1 N–H and O–H groups in total. The fourth-order valence-electron chi connectivity index (χ4n) is 2.68. The lowest BCUT2D eigenvalue weighted by atomic mass is 9.97. The van der Waals surface area contributed by atoms with E-state index in [9.17, 15) is 9.90 Å². The number of azide groups is 1. The highest BCUT2D eigenvalue weighted by Crippen LogP contribution is 2.28. The molecular weight excluding hydrogens is 354 g/mol. The van der Waals surface area contributed by atoms with Gasteiger partial charge >= 0.3 is 5.97 Å². The predicted molar refractivity (Wildman–Crippen MR) is 95.4 cm³/mol. The topological polar surface area (TPSA) is 123 Å². The van der Waals surface area contributed by atoms with Gasteiger partial charge in [0.25, 0.3) is 0 Å². The molecule has 0 spiro atoms. The molecule has 1 aromatic rings. The van der Waals surface area contributed by atoms with Gasteiger partial charge in [-0.1, -0.05) is 41.5 Å². The molecule has 1 aliphatic rings. The number of esters is 1. The number of benzene rings is 1. The van der Waals surface area contributed by atoms with Crippen LogP contribution in [0.25, 0.3) is 10.4 Å². The van der Waals surface area contributed by atoms with Crippen molar-refractivity contribution in [2.75, 3.05) is 13.2 Å². The van der Waals surface area contributed by atoms with E-state index in [-0.39, 0.29) is 19.8 Å². The van der Waals surface area contributed by atoms with Gasteiger partial charge in [0.05, 0.1) is 19.3 Å². The van der Waals surface area contributed by atoms with Crippen molar-refractivity contribution in [2.45, 2.75) is 44.2 Å². The molecule has 0 unspecified atom stereocenters. The number of aliphatic hydroxyl groups is 1. The third-order valence-electron chi connectivity index (χ3n) is 3.94. The smallest absolute Gasteiger partial charge is 0.302 e. The molecule has 9 nitrogen and oxygen atoms in total. The Morgan fingerprint density at radius 3 is 2.78 bits per heavy atom. The summed E-state index contributed by atoms with van der Waals surface area (Å²) in [5.74, 6) is -0.506. The lowest BCUT2D eigenvalue weighted by molar-refractivity contribution is -0.272. The second-order valence-corrected chi connectivity index (χ2v) is 5.91. The standard InChI is InChI=1S/C18H23N3O6/c1-3-9-24-18-15(20-21-19)17(26-10-13-7-5-4-6-8-13)16(23)14(27-18)11-25-12(2)22/h3-8,14-18,23H,1,9-11H2,2H3/t14-,15-,16-,17-,18+/m1/s1. The first-order chi connectivity index (χ1) is 13.1. The number of hydrogen-bond donors (Lipinski definition) is 1. The SMILES string of the molecule is C=CCO[C@H]1O[C@H](COC(C)=O)[C@@H](O)[C@H](OCc2ccccc2)[C@H]1N=[N+]=[N-]. The maximum atomic E-state index is 11.1. The lowest BCUT2D eigenvalue weighted by Crippen LogP contribution is -2.59. The monoisotopic (exact) mass is 377 g/mol. The first kappa shape index (κ1) is 20.9. The van der Waals surface area contributed by atoms with Crippen LogP contribution in [0.4, 0.5) is 0 Å². The lowest BCUT2D eigenvalue weighted by Gasteiger charge is -2.42. The molecule has 0 saturated carbocycles. The Morgan fingerprint density at radius 1 is 1.41 bits per heavy atom. The van der Waals surface area contributed by atoms with Gasteiger partial charge in [0.1, 0.15) is 24.9 Å². The quantitative estimate of drug-likeness (QED) is 0.231. The largest absolute Gasteiger partial charge is 0.463 e. The number of nitrogens with zero attached hydrogens (tertiary/aromatic N) is 3. The van der Waals surface area contributed by atoms with Gasteiger partial charge in [0, 0.05) is 11.8 Å². The van der Waals surface area contributed by atoms with Gasteiger partial charge in [-0.15, -0.1) is 6.58 Å². The van der Waals surface area contributed by atoms with E-state index in [2.05, 4.69) is 16.6 Å². The number of carbonyl (C=O) groups is 1. The minimum atomic E-state index is -1.19. The fourth-order valence-corrected chi connectivity index (χ4v) is 2.68. The molecule has 146 valence electrons. The van der Waals surface area contributed by atoms with E-state index in [0.29, 0.717) is 0 Å². The van der Waals surface area contributed by atoms with E-state index in [1.807, 2.05) is 30.3 Å². The third kappa shape index (κ3) is 6.06. The molecule has 0 bridgehead atoms. The summed E-state index contributed by atoms with van der Waals surface area (Å²) in [7, 11) is 0. The van der Waals surface area contributed by atoms with Crippen molar-refractivity contribution in [1.82, 2.24) is 0 Å². The summed E-state index contributed by atoms with van der Waals surface area (Å²) >= 11 is 0. The molecule has 2 rings (SSSR count). The summed E-state index contributed by atoms with van der Waals surface area (Å²) in [6.07, 6.45) is -2.46. The fraction of sp³-hybridized carbons (Fsp3) is 0.500. The van der Waals surface area contributed by atoms with Crippen molar-refractivity contribution in [2.24, 2.45) is 5.11 Å². The van der Waals surface area contributed by atoms with Crippen LogP contribution < -0.4 is 0 Å². The first-order valence-electron chi connectivity index (χ1n) is 8.46. The molecule has 5 atom stereocenters. The zero-order chi connectivity index (χ0) is 19.6.